The van der Waals surface area contributed by atoms with Crippen molar-refractivity contribution >= 4 is 5.97 Å². The van der Waals surface area contributed by atoms with Gasteiger partial charge in [0.1, 0.15) is 6.04 Å². The van der Waals surface area contributed by atoms with Crippen molar-refractivity contribution in [3.8, 4) is 0 Å². The maximum Gasteiger partial charge on any atom is 0.323 e. The van der Waals surface area contributed by atoms with Crippen molar-refractivity contribution in [1.29, 1.82) is 0 Å². The fourth-order valence-corrected chi connectivity index (χ4v) is 2.91. The van der Waals surface area contributed by atoms with Gasteiger partial charge in [-0.3, -0.25) is 4.79 Å². The number of rotatable bonds is 9. The van der Waals surface area contributed by atoms with Crippen LogP contribution in [0.25, 0.3) is 0 Å². The molecule has 3 unspecified atom stereocenters. The predicted octanol–water partition coefficient (Wildman–Crippen LogP) is 2.90. The zero-order valence-electron chi connectivity index (χ0n) is 13.3. The summed E-state index contributed by atoms with van der Waals surface area (Å²) in [6, 6.07) is -0.231. The van der Waals surface area contributed by atoms with Gasteiger partial charge in [0.2, 0.25) is 0 Å². The highest BCUT2D eigenvalue weighted by molar-refractivity contribution is 5.75. The van der Waals surface area contributed by atoms with Gasteiger partial charge in [-0.2, -0.15) is 0 Å². The van der Waals surface area contributed by atoms with Crippen LogP contribution in [-0.4, -0.2) is 37.9 Å². The van der Waals surface area contributed by atoms with Gasteiger partial charge in [-0.25, -0.2) is 0 Å². The molecule has 0 amide bonds. The first kappa shape index (κ1) is 17.4. The molecule has 1 N–H and O–H groups in total. The number of hydrogen-bond acceptors (Lipinski definition) is 4. The van der Waals surface area contributed by atoms with Gasteiger partial charge in [-0.1, -0.05) is 33.1 Å². The Bertz CT molecular complexity index is 270. The lowest BCUT2D eigenvalue weighted by Crippen LogP contribution is -2.39. The van der Waals surface area contributed by atoms with Gasteiger partial charge < -0.3 is 14.8 Å². The minimum Gasteiger partial charge on any atom is -0.465 e. The molecule has 3 atom stereocenters. The normalized spacial score (nSPS) is 24.4. The molecule has 118 valence electrons. The lowest BCUT2D eigenvalue weighted by atomic mass is 9.85. The average molecular weight is 285 g/mol. The molecule has 1 rings (SSSR count). The summed E-state index contributed by atoms with van der Waals surface area (Å²) in [4.78, 5) is 11.8. The van der Waals surface area contributed by atoms with E-state index in [-0.39, 0.29) is 12.0 Å². The smallest absolute Gasteiger partial charge is 0.323 e. The third kappa shape index (κ3) is 6.23. The molecule has 0 aromatic heterocycles. The Morgan fingerprint density at radius 3 is 2.75 bits per heavy atom. The molecule has 1 aliphatic carbocycles. The van der Waals surface area contributed by atoms with Crippen LogP contribution in [0.15, 0.2) is 0 Å². The van der Waals surface area contributed by atoms with Crippen molar-refractivity contribution in [2.45, 2.75) is 71.4 Å². The van der Waals surface area contributed by atoms with Crippen LogP contribution in [0.5, 0.6) is 0 Å². The second-order valence-corrected chi connectivity index (χ2v) is 5.58. The van der Waals surface area contributed by atoms with Crippen LogP contribution in [0, 0.1) is 5.92 Å². The predicted molar refractivity (Wildman–Crippen MR) is 80.7 cm³/mol. The van der Waals surface area contributed by atoms with Gasteiger partial charge in [0.25, 0.3) is 0 Å². The topological polar surface area (TPSA) is 47.6 Å². The molecule has 1 aliphatic rings. The first-order valence-corrected chi connectivity index (χ1v) is 8.22. The second-order valence-electron chi connectivity index (χ2n) is 5.58. The Balaban J connectivity index is 2.27. The molecule has 0 saturated heterocycles. The highest BCUT2D eigenvalue weighted by Gasteiger charge is 2.23. The first-order chi connectivity index (χ1) is 9.71. The van der Waals surface area contributed by atoms with E-state index >= 15 is 0 Å². The average Bonchev–Trinajstić information content (AvgIpc) is 2.47. The number of hydrogen-bond donors (Lipinski definition) is 1. The molecule has 0 spiro atoms. The van der Waals surface area contributed by atoms with Gasteiger partial charge in [0, 0.05) is 6.61 Å². The van der Waals surface area contributed by atoms with E-state index in [1.807, 2.05) is 13.8 Å². The number of esters is 1. The zero-order chi connectivity index (χ0) is 14.8. The zero-order valence-corrected chi connectivity index (χ0v) is 13.3. The van der Waals surface area contributed by atoms with Gasteiger partial charge in [-0.05, 0) is 38.6 Å². The quantitative estimate of drug-likeness (QED) is 0.662. The Morgan fingerprint density at radius 2 is 2.10 bits per heavy atom. The maximum absolute atomic E-state index is 11.8. The summed E-state index contributed by atoms with van der Waals surface area (Å²) in [6.45, 7) is 7.93. The van der Waals surface area contributed by atoms with E-state index < -0.39 is 0 Å². The fraction of sp³-hybridized carbons (Fsp3) is 0.938. The molecule has 0 heterocycles. The number of likely N-dealkylation sites (N-methyl/N-ethyl adjacent to an activating group) is 1. The minimum atomic E-state index is -0.231. The molecule has 1 fully saturated rings. The Kier molecular flexibility index (Phi) is 8.86. The van der Waals surface area contributed by atoms with Crippen LogP contribution in [0.4, 0.5) is 0 Å². The van der Waals surface area contributed by atoms with Crippen LogP contribution in [0.1, 0.15) is 59.3 Å². The number of carbonyl (C=O) groups excluding carboxylic acids is 1. The molecule has 0 radical (unpaired) electrons. The van der Waals surface area contributed by atoms with Gasteiger partial charge in [0.05, 0.1) is 12.7 Å². The van der Waals surface area contributed by atoms with Crippen molar-refractivity contribution in [2.75, 3.05) is 19.8 Å². The molecule has 0 aromatic carbocycles. The molecule has 0 bridgehead atoms. The SMILES string of the molecule is CCNC(CCOC1CCCC(CC)C1)C(=O)OCC. The highest BCUT2D eigenvalue weighted by Crippen LogP contribution is 2.28. The Morgan fingerprint density at radius 1 is 1.30 bits per heavy atom. The third-order valence-corrected chi connectivity index (χ3v) is 4.09. The summed E-state index contributed by atoms with van der Waals surface area (Å²) < 4.78 is 11.0. The van der Waals surface area contributed by atoms with E-state index in [2.05, 4.69) is 12.2 Å². The summed E-state index contributed by atoms with van der Waals surface area (Å²) >= 11 is 0. The minimum absolute atomic E-state index is 0.159. The van der Waals surface area contributed by atoms with Crippen molar-refractivity contribution in [1.82, 2.24) is 5.32 Å². The standard InChI is InChI=1S/C16H31NO3/c1-4-13-8-7-9-14(12-13)20-11-10-15(17-5-2)16(18)19-6-3/h13-15,17H,4-12H2,1-3H3. The summed E-state index contributed by atoms with van der Waals surface area (Å²) in [5.74, 6) is 0.663. The molecule has 4 heteroatoms. The molecule has 20 heavy (non-hydrogen) atoms. The molecular weight excluding hydrogens is 254 g/mol. The number of ether oxygens (including phenoxy) is 2. The monoisotopic (exact) mass is 285 g/mol. The lowest BCUT2D eigenvalue weighted by Gasteiger charge is -2.29. The first-order valence-electron chi connectivity index (χ1n) is 8.22. The van der Waals surface area contributed by atoms with Crippen LogP contribution in [-0.2, 0) is 14.3 Å². The summed E-state index contributed by atoms with van der Waals surface area (Å²) in [7, 11) is 0. The fourth-order valence-electron chi connectivity index (χ4n) is 2.91. The van der Waals surface area contributed by atoms with E-state index in [1.165, 1.54) is 32.1 Å². The van der Waals surface area contributed by atoms with Crippen LogP contribution in [0.2, 0.25) is 0 Å². The largest absolute Gasteiger partial charge is 0.465 e. The van der Waals surface area contributed by atoms with Crippen molar-refractivity contribution in [3.63, 3.8) is 0 Å². The molecule has 1 saturated carbocycles. The number of nitrogens with one attached hydrogen (secondary N) is 1. The van der Waals surface area contributed by atoms with E-state index in [0.29, 0.717) is 25.7 Å². The van der Waals surface area contributed by atoms with E-state index in [1.54, 1.807) is 0 Å². The number of carbonyl (C=O) groups is 1. The Labute approximate surface area is 123 Å². The summed E-state index contributed by atoms with van der Waals surface area (Å²) in [5, 5.41) is 3.17. The third-order valence-electron chi connectivity index (χ3n) is 4.09. The van der Waals surface area contributed by atoms with Crippen molar-refractivity contribution in [2.24, 2.45) is 5.92 Å². The molecule has 0 aromatic rings. The van der Waals surface area contributed by atoms with Crippen LogP contribution in [0.3, 0.4) is 0 Å². The van der Waals surface area contributed by atoms with E-state index in [9.17, 15) is 4.79 Å². The molecule has 4 nitrogen and oxygen atoms in total. The molecular formula is C16H31NO3. The lowest BCUT2D eigenvalue weighted by molar-refractivity contribution is -0.146. The van der Waals surface area contributed by atoms with Crippen LogP contribution < -0.4 is 5.32 Å². The van der Waals surface area contributed by atoms with Gasteiger partial charge in [-0.15, -0.1) is 0 Å². The summed E-state index contributed by atoms with van der Waals surface area (Å²) in [6.07, 6.45) is 7.31. The second kappa shape index (κ2) is 10.2. The van der Waals surface area contributed by atoms with Crippen molar-refractivity contribution in [3.05, 3.63) is 0 Å². The Hall–Kier alpha value is -0.610. The maximum atomic E-state index is 11.8. The molecule has 0 aliphatic heterocycles. The summed E-state index contributed by atoms with van der Waals surface area (Å²) in [5.41, 5.74) is 0. The van der Waals surface area contributed by atoms with Crippen LogP contribution >= 0.6 is 0 Å². The van der Waals surface area contributed by atoms with E-state index in [4.69, 9.17) is 9.47 Å². The van der Waals surface area contributed by atoms with Crippen molar-refractivity contribution < 1.29 is 14.3 Å². The van der Waals surface area contributed by atoms with E-state index in [0.717, 1.165) is 12.5 Å². The van der Waals surface area contributed by atoms with Gasteiger partial charge in [0.15, 0.2) is 0 Å². The van der Waals surface area contributed by atoms with Gasteiger partial charge >= 0.3 is 5.97 Å². The highest BCUT2D eigenvalue weighted by atomic mass is 16.5.